The van der Waals surface area contributed by atoms with Crippen LogP contribution in [-0.2, 0) is 9.53 Å². The summed E-state index contributed by atoms with van der Waals surface area (Å²) in [6, 6.07) is 5.41. The molecule has 1 aliphatic heterocycles. The number of aliphatic hydroxyl groups is 1. The molecule has 26 heavy (non-hydrogen) atoms. The molecule has 1 aliphatic rings. The number of halogens is 1. The molecule has 1 saturated heterocycles. The van der Waals surface area contributed by atoms with Crippen molar-refractivity contribution in [2.24, 2.45) is 11.7 Å². The second kappa shape index (κ2) is 6.71. The van der Waals surface area contributed by atoms with Crippen molar-refractivity contribution < 1.29 is 23.9 Å². The van der Waals surface area contributed by atoms with Crippen molar-refractivity contribution in [3.8, 4) is 5.69 Å². The Morgan fingerprint density at radius 2 is 2.00 bits per heavy atom. The van der Waals surface area contributed by atoms with Crippen molar-refractivity contribution in [1.82, 2.24) is 20.1 Å². The predicted octanol–water partition coefficient (Wildman–Crippen LogP) is 1.19. The third-order valence-electron chi connectivity index (χ3n) is 4.35. The molecule has 3 rings (SSSR count). The first kappa shape index (κ1) is 17.8. The van der Waals surface area contributed by atoms with Crippen LogP contribution in [0.1, 0.15) is 37.3 Å². The number of benzene rings is 1. The molecule has 2 amide bonds. The van der Waals surface area contributed by atoms with Gasteiger partial charge in [-0.2, -0.15) is 0 Å². The van der Waals surface area contributed by atoms with E-state index in [1.165, 1.54) is 11.6 Å². The lowest BCUT2D eigenvalue weighted by atomic mass is 9.92. The van der Waals surface area contributed by atoms with Gasteiger partial charge in [0, 0.05) is 0 Å². The molecular formula is C16H18FN5O4. The number of carbonyl (C=O) groups excluding carboxylic acids is 2. The molecule has 3 N–H and O–H groups in total. The highest BCUT2D eigenvalue weighted by atomic mass is 19.2. The Labute approximate surface area is 148 Å². The minimum atomic E-state index is -1.16. The third-order valence-corrected chi connectivity index (χ3v) is 4.35. The molecule has 9 nitrogen and oxygen atoms in total. The Bertz CT molecular complexity index is 822. The second-order valence-electron chi connectivity index (χ2n) is 6.15. The Morgan fingerprint density at radius 3 is 2.54 bits per heavy atom. The van der Waals surface area contributed by atoms with Crippen molar-refractivity contribution >= 4 is 12.0 Å². The van der Waals surface area contributed by atoms with Gasteiger partial charge in [-0.15, -0.1) is 10.2 Å². The van der Waals surface area contributed by atoms with Crippen LogP contribution in [-0.4, -0.2) is 43.3 Å². The summed E-state index contributed by atoms with van der Waals surface area (Å²) in [7, 11) is 0. The van der Waals surface area contributed by atoms with Crippen LogP contribution >= 0.6 is 0 Å². The van der Waals surface area contributed by atoms with Gasteiger partial charge in [0.2, 0.25) is 5.91 Å². The fourth-order valence-electron chi connectivity index (χ4n) is 2.75. The van der Waals surface area contributed by atoms with Gasteiger partial charge < -0.3 is 15.6 Å². The molecule has 1 aromatic carbocycles. The van der Waals surface area contributed by atoms with Gasteiger partial charge >= 0.3 is 6.09 Å². The molecule has 0 spiro atoms. The number of rotatable bonds is 5. The van der Waals surface area contributed by atoms with Crippen LogP contribution in [0.5, 0.6) is 0 Å². The molecule has 4 unspecified atom stereocenters. The first-order valence-electron chi connectivity index (χ1n) is 7.95. The second-order valence-corrected chi connectivity index (χ2v) is 6.15. The minimum Gasteiger partial charge on any atom is -0.441 e. The monoisotopic (exact) mass is 363 g/mol. The zero-order chi connectivity index (χ0) is 19.0. The average molecular weight is 363 g/mol. The Morgan fingerprint density at radius 1 is 1.35 bits per heavy atom. The predicted molar refractivity (Wildman–Crippen MR) is 86.3 cm³/mol. The first-order chi connectivity index (χ1) is 12.3. The quantitative estimate of drug-likeness (QED) is 0.769. The lowest BCUT2D eigenvalue weighted by Gasteiger charge is -2.22. The number of aliphatic hydroxyl groups excluding tert-OH is 1. The van der Waals surface area contributed by atoms with Crippen LogP contribution < -0.4 is 5.73 Å². The Kier molecular flexibility index (Phi) is 4.60. The molecule has 2 aromatic rings. The van der Waals surface area contributed by atoms with Crippen molar-refractivity contribution in [3.05, 3.63) is 41.7 Å². The minimum absolute atomic E-state index is 0.0415. The summed E-state index contributed by atoms with van der Waals surface area (Å²) in [5.74, 6) is -1.54. The number of hydrogen-bond acceptors (Lipinski definition) is 6. The van der Waals surface area contributed by atoms with E-state index >= 15 is 0 Å². The van der Waals surface area contributed by atoms with E-state index in [1.54, 1.807) is 37.4 Å². The van der Waals surface area contributed by atoms with Gasteiger partial charge in [0.25, 0.3) is 0 Å². The van der Waals surface area contributed by atoms with Gasteiger partial charge in [-0.25, -0.2) is 9.48 Å². The maximum Gasteiger partial charge on any atom is 0.439 e. The zero-order valence-corrected chi connectivity index (χ0v) is 14.1. The van der Waals surface area contributed by atoms with Gasteiger partial charge in [-0.05, 0) is 31.5 Å². The molecule has 0 bridgehead atoms. The normalized spacial score (nSPS) is 22.2. The van der Waals surface area contributed by atoms with Gasteiger partial charge in [-0.3, -0.25) is 4.79 Å². The molecule has 1 fully saturated rings. The van der Waals surface area contributed by atoms with E-state index in [4.69, 9.17) is 10.5 Å². The highest BCUT2D eigenvalue weighted by Gasteiger charge is 2.47. The Hall–Kier alpha value is -3.01. The standard InChI is InChI=1S/C16H18FN5O4/c1-8(15(18)24)14-13(22(17)16(25)26-14)10-3-5-11(6-4-10)21-7-12(9(2)23)19-20-21/h3-9,13-14,23H,1-2H3,(H2,18,24). The van der Waals surface area contributed by atoms with Crippen molar-refractivity contribution in [2.75, 3.05) is 0 Å². The van der Waals surface area contributed by atoms with Crippen LogP contribution in [0.15, 0.2) is 30.5 Å². The van der Waals surface area contributed by atoms with E-state index in [1.807, 2.05) is 0 Å². The molecule has 138 valence electrons. The van der Waals surface area contributed by atoms with Crippen molar-refractivity contribution in [1.29, 1.82) is 0 Å². The van der Waals surface area contributed by atoms with E-state index in [2.05, 4.69) is 10.3 Å². The number of hydrogen-bond donors (Lipinski definition) is 2. The molecular weight excluding hydrogens is 345 g/mol. The highest BCUT2D eigenvalue weighted by Crippen LogP contribution is 2.37. The van der Waals surface area contributed by atoms with Crippen LogP contribution in [0.25, 0.3) is 5.69 Å². The van der Waals surface area contributed by atoms with Gasteiger partial charge in [0.1, 0.15) is 17.8 Å². The maximum atomic E-state index is 14.2. The molecule has 2 heterocycles. The number of nitrogens with two attached hydrogens (primary N) is 1. The fraction of sp³-hybridized carbons (Fsp3) is 0.375. The number of primary amides is 1. The van der Waals surface area contributed by atoms with Crippen LogP contribution in [0, 0.1) is 5.92 Å². The molecule has 4 atom stereocenters. The van der Waals surface area contributed by atoms with Crippen LogP contribution in [0.4, 0.5) is 9.28 Å². The average Bonchev–Trinajstić information content (AvgIpc) is 3.20. The first-order valence-corrected chi connectivity index (χ1v) is 7.95. The van der Waals surface area contributed by atoms with Gasteiger partial charge in [0.05, 0.1) is 23.9 Å². The molecule has 0 aliphatic carbocycles. The number of nitrogens with zero attached hydrogens (tertiary/aromatic N) is 4. The van der Waals surface area contributed by atoms with Crippen molar-refractivity contribution in [2.45, 2.75) is 32.1 Å². The van der Waals surface area contributed by atoms with E-state index in [9.17, 15) is 19.2 Å². The summed E-state index contributed by atoms with van der Waals surface area (Å²) in [6.07, 6.45) is -1.36. The Balaban J connectivity index is 1.88. The fourth-order valence-corrected chi connectivity index (χ4v) is 2.75. The third kappa shape index (κ3) is 3.10. The molecule has 1 aromatic heterocycles. The van der Waals surface area contributed by atoms with E-state index in [-0.39, 0.29) is 5.12 Å². The number of aromatic nitrogens is 3. The van der Waals surface area contributed by atoms with E-state index in [0.717, 1.165) is 0 Å². The topological polar surface area (TPSA) is 124 Å². The molecule has 10 heteroatoms. The van der Waals surface area contributed by atoms with Gasteiger partial charge in [-0.1, -0.05) is 21.8 Å². The lowest BCUT2D eigenvalue weighted by molar-refractivity contribution is -0.124. The molecule has 0 radical (unpaired) electrons. The SMILES string of the molecule is CC(O)c1cn(-c2ccc(C3C(C(C)C(N)=O)OC(=O)N3F)cc2)nn1. The summed E-state index contributed by atoms with van der Waals surface area (Å²) >= 11 is 0. The summed E-state index contributed by atoms with van der Waals surface area (Å²) in [5, 5.41) is 17.2. The van der Waals surface area contributed by atoms with Crippen LogP contribution in [0.2, 0.25) is 0 Å². The number of amides is 2. The van der Waals surface area contributed by atoms with Gasteiger partial charge in [0.15, 0.2) is 0 Å². The summed E-state index contributed by atoms with van der Waals surface area (Å²) in [6.45, 7) is 3.05. The lowest BCUT2D eigenvalue weighted by Crippen LogP contribution is -2.35. The maximum absolute atomic E-state index is 14.2. The number of cyclic esters (lactones) is 1. The highest BCUT2D eigenvalue weighted by molar-refractivity contribution is 5.79. The number of ether oxygens (including phenoxy) is 1. The zero-order valence-electron chi connectivity index (χ0n) is 14.1. The molecule has 0 saturated carbocycles. The van der Waals surface area contributed by atoms with Crippen molar-refractivity contribution in [3.63, 3.8) is 0 Å². The summed E-state index contributed by atoms with van der Waals surface area (Å²) in [5.41, 5.74) is 6.74. The summed E-state index contributed by atoms with van der Waals surface area (Å²) < 4.78 is 20.6. The van der Waals surface area contributed by atoms with E-state index in [0.29, 0.717) is 16.9 Å². The van der Waals surface area contributed by atoms with E-state index < -0.39 is 36.2 Å². The summed E-state index contributed by atoms with van der Waals surface area (Å²) in [4.78, 5) is 23.0. The smallest absolute Gasteiger partial charge is 0.439 e. The van der Waals surface area contributed by atoms with Crippen LogP contribution in [0.3, 0.4) is 0 Å². The number of carbonyl (C=O) groups is 2. The largest absolute Gasteiger partial charge is 0.441 e.